The topological polar surface area (TPSA) is 24.9 Å². The first-order chi connectivity index (χ1) is 7.75. The van der Waals surface area contributed by atoms with Gasteiger partial charge in [-0.05, 0) is 18.6 Å². The van der Waals surface area contributed by atoms with E-state index in [1.165, 1.54) is 35.0 Å². The van der Waals surface area contributed by atoms with Crippen molar-refractivity contribution in [2.24, 2.45) is 0 Å². The maximum atomic E-state index is 4.64. The second-order valence-corrected chi connectivity index (χ2v) is 6.67. The molecule has 0 aromatic carbocycles. The molecule has 16 heavy (non-hydrogen) atoms. The van der Waals surface area contributed by atoms with Crippen molar-refractivity contribution in [3.63, 3.8) is 0 Å². The van der Waals surface area contributed by atoms with E-state index in [0.717, 1.165) is 6.54 Å². The van der Waals surface area contributed by atoms with Crippen molar-refractivity contribution in [3.05, 3.63) is 16.1 Å². The maximum absolute atomic E-state index is 4.64. The number of hydrogen-bond donors (Lipinski definition) is 1. The molecule has 0 aliphatic carbocycles. The minimum Gasteiger partial charge on any atom is -0.308 e. The number of hydrogen-bond acceptors (Lipinski definition) is 4. The lowest BCUT2D eigenvalue weighted by atomic mass is 10.2. The summed E-state index contributed by atoms with van der Waals surface area (Å²) in [6.07, 6.45) is 2.69. The summed E-state index contributed by atoms with van der Waals surface area (Å²) in [7, 11) is 0. The molecule has 1 unspecified atom stereocenters. The van der Waals surface area contributed by atoms with Crippen molar-refractivity contribution in [1.29, 1.82) is 0 Å². The van der Waals surface area contributed by atoms with Crippen molar-refractivity contribution in [3.8, 4) is 0 Å². The van der Waals surface area contributed by atoms with Crippen molar-refractivity contribution < 1.29 is 0 Å². The molecule has 1 fully saturated rings. The number of thiazole rings is 1. The van der Waals surface area contributed by atoms with Crippen LogP contribution < -0.4 is 5.32 Å². The third-order valence-corrected chi connectivity index (χ3v) is 5.21. The lowest BCUT2D eigenvalue weighted by Gasteiger charge is -2.21. The highest BCUT2D eigenvalue weighted by Gasteiger charge is 2.13. The van der Waals surface area contributed by atoms with Crippen molar-refractivity contribution in [2.45, 2.75) is 45.2 Å². The van der Waals surface area contributed by atoms with Crippen LogP contribution in [0.1, 0.15) is 43.3 Å². The summed E-state index contributed by atoms with van der Waals surface area (Å²) in [4.78, 5) is 4.64. The molecule has 2 heterocycles. The summed E-state index contributed by atoms with van der Waals surface area (Å²) in [6.45, 7) is 5.34. The molecule has 0 saturated carbocycles. The molecule has 0 bridgehead atoms. The van der Waals surface area contributed by atoms with Gasteiger partial charge in [0.2, 0.25) is 0 Å². The predicted octanol–water partition coefficient (Wildman–Crippen LogP) is 3.25. The third-order valence-electron chi connectivity index (χ3n) is 2.80. The Morgan fingerprint density at radius 1 is 1.56 bits per heavy atom. The van der Waals surface area contributed by atoms with Gasteiger partial charge in [-0.3, -0.25) is 0 Å². The number of thioether (sulfide) groups is 1. The number of rotatable bonds is 4. The van der Waals surface area contributed by atoms with Crippen LogP contribution in [0.2, 0.25) is 0 Å². The first-order valence-electron chi connectivity index (χ1n) is 6.01. The van der Waals surface area contributed by atoms with E-state index in [4.69, 9.17) is 0 Å². The van der Waals surface area contributed by atoms with Crippen LogP contribution in [0.5, 0.6) is 0 Å². The zero-order valence-electron chi connectivity index (χ0n) is 10.0. The standard InChI is InChI=1S/C12H20N2S2/c1-9(2)12-14-11(8-16-12)6-13-10-4-3-5-15-7-10/h8-10,13H,3-7H2,1-2H3. The Labute approximate surface area is 106 Å². The fraction of sp³-hybridized carbons (Fsp3) is 0.750. The van der Waals surface area contributed by atoms with Gasteiger partial charge in [0.1, 0.15) is 0 Å². The van der Waals surface area contributed by atoms with Crippen molar-refractivity contribution >= 4 is 23.1 Å². The molecule has 1 aliphatic rings. The summed E-state index contributed by atoms with van der Waals surface area (Å²) >= 11 is 3.86. The predicted molar refractivity (Wildman–Crippen MR) is 73.4 cm³/mol. The van der Waals surface area contributed by atoms with Crippen LogP contribution in [0.15, 0.2) is 5.38 Å². The molecule has 1 aromatic heterocycles. The lowest BCUT2D eigenvalue weighted by molar-refractivity contribution is 0.504. The van der Waals surface area contributed by atoms with E-state index >= 15 is 0 Å². The first kappa shape index (κ1) is 12.4. The van der Waals surface area contributed by atoms with Gasteiger partial charge in [0, 0.05) is 29.6 Å². The molecule has 0 spiro atoms. The zero-order valence-corrected chi connectivity index (χ0v) is 11.7. The third kappa shape index (κ3) is 3.47. The minimum atomic E-state index is 0.559. The average Bonchev–Trinajstić information content (AvgIpc) is 2.76. The van der Waals surface area contributed by atoms with Crippen LogP contribution in [-0.2, 0) is 6.54 Å². The number of aromatic nitrogens is 1. The normalized spacial score (nSPS) is 21.6. The molecule has 1 aromatic rings. The van der Waals surface area contributed by atoms with E-state index in [2.05, 4.69) is 41.3 Å². The molecule has 0 amide bonds. The summed E-state index contributed by atoms with van der Waals surface area (Å²) < 4.78 is 0. The fourth-order valence-corrected chi connectivity index (χ4v) is 3.76. The smallest absolute Gasteiger partial charge is 0.0954 e. The van der Waals surface area contributed by atoms with Crippen LogP contribution in [-0.4, -0.2) is 22.5 Å². The molecular formula is C12H20N2S2. The molecular weight excluding hydrogens is 236 g/mol. The van der Waals surface area contributed by atoms with Crippen molar-refractivity contribution in [2.75, 3.05) is 11.5 Å². The Morgan fingerprint density at radius 3 is 3.06 bits per heavy atom. The van der Waals surface area contributed by atoms with Gasteiger partial charge >= 0.3 is 0 Å². The van der Waals surface area contributed by atoms with E-state index in [-0.39, 0.29) is 0 Å². The maximum Gasteiger partial charge on any atom is 0.0954 e. The van der Waals surface area contributed by atoms with E-state index in [9.17, 15) is 0 Å². The quantitative estimate of drug-likeness (QED) is 0.895. The summed E-state index contributed by atoms with van der Waals surface area (Å²) in [5.41, 5.74) is 1.21. The van der Waals surface area contributed by atoms with Crippen LogP contribution in [0.25, 0.3) is 0 Å². The summed E-state index contributed by atoms with van der Waals surface area (Å²) in [6, 6.07) is 0.697. The molecule has 2 rings (SSSR count). The zero-order chi connectivity index (χ0) is 11.4. The van der Waals surface area contributed by atoms with E-state index in [1.807, 2.05) is 0 Å². The molecule has 1 N–H and O–H groups in total. The number of nitrogens with one attached hydrogen (secondary N) is 1. The monoisotopic (exact) mass is 256 g/mol. The fourth-order valence-electron chi connectivity index (χ4n) is 1.82. The first-order valence-corrected chi connectivity index (χ1v) is 8.04. The number of nitrogens with zero attached hydrogens (tertiary/aromatic N) is 1. The Balaban J connectivity index is 1.79. The summed E-state index contributed by atoms with van der Waals surface area (Å²) in [5.74, 6) is 3.16. The highest BCUT2D eigenvalue weighted by molar-refractivity contribution is 7.99. The van der Waals surface area contributed by atoms with Crippen LogP contribution in [0.3, 0.4) is 0 Å². The largest absolute Gasteiger partial charge is 0.308 e. The Morgan fingerprint density at radius 2 is 2.44 bits per heavy atom. The van der Waals surface area contributed by atoms with Gasteiger partial charge in [-0.25, -0.2) is 4.98 Å². The second kappa shape index (κ2) is 6.03. The van der Waals surface area contributed by atoms with Crippen LogP contribution in [0.4, 0.5) is 0 Å². The van der Waals surface area contributed by atoms with Crippen LogP contribution in [0, 0.1) is 0 Å². The highest BCUT2D eigenvalue weighted by atomic mass is 32.2. The van der Waals surface area contributed by atoms with E-state index in [0.29, 0.717) is 12.0 Å². The molecule has 1 atom stereocenters. The average molecular weight is 256 g/mol. The SMILES string of the molecule is CC(C)c1nc(CNC2CCCSC2)cs1. The van der Waals surface area contributed by atoms with Crippen LogP contribution >= 0.6 is 23.1 Å². The summed E-state index contributed by atoms with van der Waals surface area (Å²) in [5, 5.41) is 7.07. The van der Waals surface area contributed by atoms with Gasteiger partial charge in [-0.15, -0.1) is 11.3 Å². The van der Waals surface area contributed by atoms with Gasteiger partial charge < -0.3 is 5.32 Å². The molecule has 2 nitrogen and oxygen atoms in total. The van der Waals surface area contributed by atoms with Gasteiger partial charge in [-0.2, -0.15) is 11.8 Å². The molecule has 4 heteroatoms. The molecule has 1 saturated heterocycles. The van der Waals surface area contributed by atoms with E-state index in [1.54, 1.807) is 11.3 Å². The Bertz CT molecular complexity index is 317. The minimum absolute atomic E-state index is 0.559. The van der Waals surface area contributed by atoms with Gasteiger partial charge in [0.25, 0.3) is 0 Å². The highest BCUT2D eigenvalue weighted by Crippen LogP contribution is 2.20. The second-order valence-electron chi connectivity index (χ2n) is 4.63. The van der Waals surface area contributed by atoms with E-state index < -0.39 is 0 Å². The molecule has 1 aliphatic heterocycles. The van der Waals surface area contributed by atoms with Gasteiger partial charge in [0.15, 0.2) is 0 Å². The molecule has 90 valence electrons. The lowest BCUT2D eigenvalue weighted by Crippen LogP contribution is -2.33. The Hall–Kier alpha value is -0.0600. The van der Waals surface area contributed by atoms with Gasteiger partial charge in [-0.1, -0.05) is 13.8 Å². The van der Waals surface area contributed by atoms with Gasteiger partial charge in [0.05, 0.1) is 10.7 Å². The Kier molecular flexibility index (Phi) is 4.67. The van der Waals surface area contributed by atoms with Crippen molar-refractivity contribution in [1.82, 2.24) is 10.3 Å². The molecule has 0 radical (unpaired) electrons.